The van der Waals surface area contributed by atoms with Crippen LogP contribution in [0.15, 0.2) is 0 Å². The lowest BCUT2D eigenvalue weighted by atomic mass is 9.77. The van der Waals surface area contributed by atoms with Gasteiger partial charge in [0.2, 0.25) is 0 Å². The Hall–Kier alpha value is -0.160. The average molecular weight is 189 g/mol. The zero-order valence-electron chi connectivity index (χ0n) is 7.96. The summed E-state index contributed by atoms with van der Waals surface area (Å²) in [6.07, 6.45) is 3.32. The second kappa shape index (κ2) is 5.54. The highest BCUT2D eigenvalue weighted by atomic mass is 16.5. The normalized spacial score (nSPS) is 19.8. The molecule has 0 saturated heterocycles. The highest BCUT2D eigenvalue weighted by Gasteiger charge is 2.35. The Kier molecular flexibility index (Phi) is 4.66. The molecular weight excluding hydrogens is 170 g/mol. The molecule has 0 bridgehead atoms. The SMILES string of the molecule is OCCOCCNC1(CO)CCC1. The predicted octanol–water partition coefficient (Wildman–Crippen LogP) is -0.500. The molecule has 0 radical (unpaired) electrons. The summed E-state index contributed by atoms with van der Waals surface area (Å²) in [6.45, 7) is 2.04. The van der Waals surface area contributed by atoms with Crippen LogP contribution in [0.2, 0.25) is 0 Å². The van der Waals surface area contributed by atoms with E-state index in [0.29, 0.717) is 13.2 Å². The van der Waals surface area contributed by atoms with Gasteiger partial charge < -0.3 is 20.3 Å². The lowest BCUT2D eigenvalue weighted by molar-refractivity contribution is 0.0604. The van der Waals surface area contributed by atoms with Gasteiger partial charge in [-0.05, 0) is 19.3 Å². The molecule has 0 aromatic carbocycles. The lowest BCUT2D eigenvalue weighted by Gasteiger charge is -2.41. The predicted molar refractivity (Wildman–Crippen MR) is 49.6 cm³/mol. The van der Waals surface area contributed by atoms with Crippen LogP contribution in [0.25, 0.3) is 0 Å². The number of hydrogen-bond donors (Lipinski definition) is 3. The van der Waals surface area contributed by atoms with Crippen LogP contribution < -0.4 is 5.32 Å². The van der Waals surface area contributed by atoms with Crippen LogP contribution in [0.4, 0.5) is 0 Å². The Bertz CT molecular complexity index is 131. The quantitative estimate of drug-likeness (QED) is 0.472. The molecule has 0 unspecified atom stereocenters. The van der Waals surface area contributed by atoms with E-state index in [1.165, 1.54) is 6.42 Å². The first-order valence-corrected chi connectivity index (χ1v) is 4.87. The van der Waals surface area contributed by atoms with Crippen LogP contribution in [-0.4, -0.2) is 48.7 Å². The second-order valence-corrected chi connectivity index (χ2v) is 3.55. The molecule has 1 fully saturated rings. The van der Waals surface area contributed by atoms with Crippen LogP contribution in [0, 0.1) is 0 Å². The van der Waals surface area contributed by atoms with Gasteiger partial charge in [-0.2, -0.15) is 0 Å². The van der Waals surface area contributed by atoms with E-state index < -0.39 is 0 Å². The Labute approximate surface area is 78.9 Å². The summed E-state index contributed by atoms with van der Waals surface area (Å²) < 4.78 is 5.10. The van der Waals surface area contributed by atoms with Gasteiger partial charge in [-0.3, -0.25) is 0 Å². The summed E-state index contributed by atoms with van der Waals surface area (Å²) in [5.74, 6) is 0. The van der Waals surface area contributed by atoms with E-state index in [1.807, 2.05) is 0 Å². The maximum Gasteiger partial charge on any atom is 0.0698 e. The zero-order valence-corrected chi connectivity index (χ0v) is 7.96. The van der Waals surface area contributed by atoms with Crippen LogP contribution >= 0.6 is 0 Å². The van der Waals surface area contributed by atoms with Crippen LogP contribution in [0.5, 0.6) is 0 Å². The Balaban J connectivity index is 1.98. The molecule has 0 aromatic heterocycles. The zero-order chi connectivity index (χ0) is 9.57. The van der Waals surface area contributed by atoms with Crippen molar-refractivity contribution >= 4 is 0 Å². The maximum absolute atomic E-state index is 9.10. The molecule has 13 heavy (non-hydrogen) atoms. The molecule has 0 aliphatic heterocycles. The van der Waals surface area contributed by atoms with E-state index in [4.69, 9.17) is 14.9 Å². The van der Waals surface area contributed by atoms with Crippen molar-refractivity contribution in [2.75, 3.05) is 33.0 Å². The molecule has 3 N–H and O–H groups in total. The maximum atomic E-state index is 9.10. The van der Waals surface area contributed by atoms with Gasteiger partial charge in [0, 0.05) is 12.1 Å². The molecule has 4 heteroatoms. The van der Waals surface area contributed by atoms with Crippen molar-refractivity contribution in [2.45, 2.75) is 24.8 Å². The first-order chi connectivity index (χ1) is 6.33. The number of ether oxygens (including phenoxy) is 1. The summed E-state index contributed by atoms with van der Waals surface area (Å²) in [4.78, 5) is 0. The third-order valence-electron chi connectivity index (χ3n) is 2.60. The number of aliphatic hydroxyl groups is 2. The molecule has 78 valence electrons. The van der Waals surface area contributed by atoms with E-state index in [1.54, 1.807) is 0 Å². The van der Waals surface area contributed by atoms with Crippen molar-refractivity contribution in [1.82, 2.24) is 5.32 Å². The average Bonchev–Trinajstić information content (AvgIpc) is 2.09. The van der Waals surface area contributed by atoms with Gasteiger partial charge in [-0.1, -0.05) is 0 Å². The number of rotatable bonds is 7. The van der Waals surface area contributed by atoms with Crippen molar-refractivity contribution < 1.29 is 14.9 Å². The molecule has 1 rings (SSSR count). The van der Waals surface area contributed by atoms with E-state index in [-0.39, 0.29) is 18.8 Å². The van der Waals surface area contributed by atoms with Crippen molar-refractivity contribution in [3.63, 3.8) is 0 Å². The van der Waals surface area contributed by atoms with Crippen molar-refractivity contribution in [3.8, 4) is 0 Å². The minimum absolute atomic E-state index is 0.0252. The fraction of sp³-hybridized carbons (Fsp3) is 1.00. The third kappa shape index (κ3) is 3.23. The molecule has 1 aliphatic rings. The van der Waals surface area contributed by atoms with E-state index in [9.17, 15) is 0 Å². The first kappa shape index (κ1) is 10.9. The Morgan fingerprint density at radius 2 is 2.00 bits per heavy atom. The van der Waals surface area contributed by atoms with Crippen molar-refractivity contribution in [1.29, 1.82) is 0 Å². The molecule has 0 atom stereocenters. The van der Waals surface area contributed by atoms with Gasteiger partial charge in [0.25, 0.3) is 0 Å². The minimum Gasteiger partial charge on any atom is -0.394 e. The molecular formula is C9H19NO3. The van der Waals surface area contributed by atoms with E-state index in [0.717, 1.165) is 19.4 Å². The standard InChI is InChI=1S/C9H19NO3/c11-5-7-13-6-4-10-9(8-12)2-1-3-9/h10-12H,1-8H2. The fourth-order valence-electron chi connectivity index (χ4n) is 1.55. The van der Waals surface area contributed by atoms with Crippen LogP contribution in [0.1, 0.15) is 19.3 Å². The summed E-state index contributed by atoms with van der Waals surface area (Å²) in [7, 11) is 0. The minimum atomic E-state index is -0.0252. The fourth-order valence-corrected chi connectivity index (χ4v) is 1.55. The van der Waals surface area contributed by atoms with Crippen molar-refractivity contribution in [2.24, 2.45) is 0 Å². The topological polar surface area (TPSA) is 61.7 Å². The molecule has 1 saturated carbocycles. The lowest BCUT2D eigenvalue weighted by Crippen LogP contribution is -2.54. The van der Waals surface area contributed by atoms with Crippen molar-refractivity contribution in [3.05, 3.63) is 0 Å². The molecule has 4 nitrogen and oxygen atoms in total. The first-order valence-electron chi connectivity index (χ1n) is 4.87. The van der Waals surface area contributed by atoms with Gasteiger partial charge in [0.15, 0.2) is 0 Å². The smallest absolute Gasteiger partial charge is 0.0698 e. The molecule has 1 aliphatic carbocycles. The Morgan fingerprint density at radius 1 is 1.23 bits per heavy atom. The number of nitrogens with one attached hydrogen (secondary N) is 1. The molecule has 0 aromatic rings. The molecule has 0 spiro atoms. The highest BCUT2D eigenvalue weighted by molar-refractivity contribution is 4.95. The van der Waals surface area contributed by atoms with Crippen LogP contribution in [0.3, 0.4) is 0 Å². The van der Waals surface area contributed by atoms with Gasteiger partial charge in [-0.25, -0.2) is 0 Å². The van der Waals surface area contributed by atoms with Gasteiger partial charge in [-0.15, -0.1) is 0 Å². The number of hydrogen-bond acceptors (Lipinski definition) is 4. The summed E-state index contributed by atoms with van der Waals surface area (Å²) in [6, 6.07) is 0. The second-order valence-electron chi connectivity index (χ2n) is 3.55. The summed E-state index contributed by atoms with van der Waals surface area (Å²) in [5.41, 5.74) is -0.0252. The largest absolute Gasteiger partial charge is 0.394 e. The summed E-state index contributed by atoms with van der Waals surface area (Å²) in [5, 5.41) is 20.8. The van der Waals surface area contributed by atoms with E-state index >= 15 is 0 Å². The molecule has 0 amide bonds. The Morgan fingerprint density at radius 3 is 2.46 bits per heavy atom. The van der Waals surface area contributed by atoms with Gasteiger partial charge in [0.05, 0.1) is 26.4 Å². The van der Waals surface area contributed by atoms with Crippen LogP contribution in [-0.2, 0) is 4.74 Å². The van der Waals surface area contributed by atoms with E-state index in [2.05, 4.69) is 5.32 Å². The monoisotopic (exact) mass is 189 g/mol. The molecule has 0 heterocycles. The highest BCUT2D eigenvalue weighted by Crippen LogP contribution is 2.30. The van der Waals surface area contributed by atoms with Gasteiger partial charge in [0.1, 0.15) is 0 Å². The van der Waals surface area contributed by atoms with Gasteiger partial charge >= 0.3 is 0 Å². The number of aliphatic hydroxyl groups excluding tert-OH is 2. The summed E-state index contributed by atoms with van der Waals surface area (Å²) >= 11 is 0. The third-order valence-corrected chi connectivity index (χ3v) is 2.60.